The molecular formula is C32H55N7O5P2S2+2. The minimum absolute atomic E-state index is 0.0465. The zero-order valence-corrected chi connectivity index (χ0v) is 32.5. The number of urea groups is 1. The Morgan fingerprint density at radius 3 is 2.42 bits per heavy atom. The molecule has 1 saturated heterocycles. The first-order valence-electron chi connectivity index (χ1n) is 16.4. The predicted molar refractivity (Wildman–Crippen MR) is 203 cm³/mol. The van der Waals surface area contributed by atoms with Gasteiger partial charge in [-0.15, -0.1) is 22.7 Å². The first-order chi connectivity index (χ1) is 22.9. The van der Waals surface area contributed by atoms with Gasteiger partial charge in [-0.3, -0.25) is 20.0 Å². The Labute approximate surface area is 296 Å². The van der Waals surface area contributed by atoms with Crippen LogP contribution in [0, 0.1) is 0 Å². The Bertz CT molecular complexity index is 1290. The summed E-state index contributed by atoms with van der Waals surface area (Å²) in [5, 5.41) is 23.1. The van der Waals surface area contributed by atoms with E-state index in [2.05, 4.69) is 70.6 Å². The summed E-state index contributed by atoms with van der Waals surface area (Å²) in [5.74, 6) is 0.128. The molecule has 3 heterocycles. The Morgan fingerprint density at radius 1 is 1.10 bits per heavy atom. The van der Waals surface area contributed by atoms with Gasteiger partial charge in [0.25, 0.3) is 0 Å². The molecule has 48 heavy (non-hydrogen) atoms. The zero-order valence-electron chi connectivity index (χ0n) is 29.1. The number of nitrogens with one attached hydrogen (secondary N) is 3. The highest BCUT2D eigenvalue weighted by Crippen LogP contribution is 2.22. The van der Waals surface area contributed by atoms with Gasteiger partial charge in [0.1, 0.15) is 18.4 Å². The average Bonchev–Trinajstić information content (AvgIpc) is 3.73. The molecule has 0 bridgehead atoms. The van der Waals surface area contributed by atoms with Gasteiger partial charge in [0.2, 0.25) is 12.3 Å². The quantitative estimate of drug-likeness (QED) is 0.111. The fourth-order valence-electron chi connectivity index (χ4n) is 5.26. The molecule has 3 amide bonds. The van der Waals surface area contributed by atoms with Crippen molar-refractivity contribution in [3.63, 3.8) is 0 Å². The molecule has 16 heteroatoms. The minimum atomic E-state index is -1.13. The van der Waals surface area contributed by atoms with E-state index in [0.29, 0.717) is 51.5 Å². The first-order valence-corrected chi connectivity index (χ1v) is 22.5. The van der Waals surface area contributed by atoms with Gasteiger partial charge in [0.05, 0.1) is 101 Å². The number of thiazole rings is 2. The summed E-state index contributed by atoms with van der Waals surface area (Å²) in [6, 6.07) is -1.21. The van der Waals surface area contributed by atoms with Crippen LogP contribution in [0.4, 0.5) is 4.79 Å². The van der Waals surface area contributed by atoms with E-state index in [1.165, 1.54) is 11.3 Å². The highest BCUT2D eigenvalue weighted by molar-refractivity contribution is 7.55. The minimum Gasteiger partial charge on any atom is -0.379 e. The second-order valence-corrected chi connectivity index (χ2v) is 18.8. The maximum Gasteiger partial charge on any atom is 0.318 e. The number of aromatic nitrogens is 2. The number of carbonyl (C=O) groups excluding carboxylic acids is 2. The lowest BCUT2D eigenvalue weighted by atomic mass is 10.1. The van der Waals surface area contributed by atoms with Gasteiger partial charge in [-0.1, -0.05) is 13.8 Å². The van der Waals surface area contributed by atoms with Gasteiger partial charge >= 0.3 is 6.03 Å². The van der Waals surface area contributed by atoms with Crippen molar-refractivity contribution in [1.29, 1.82) is 0 Å². The van der Waals surface area contributed by atoms with Crippen molar-refractivity contribution >= 4 is 62.3 Å². The molecular weight excluding hydrogens is 688 g/mol. The van der Waals surface area contributed by atoms with Crippen LogP contribution in [0.1, 0.15) is 54.6 Å². The van der Waals surface area contributed by atoms with Crippen LogP contribution in [0.25, 0.3) is 0 Å². The molecule has 2 aromatic heterocycles. The molecule has 0 aromatic carbocycles. The van der Waals surface area contributed by atoms with Crippen LogP contribution in [0.2, 0.25) is 0 Å². The highest BCUT2D eigenvalue weighted by atomic mass is 32.1. The lowest BCUT2D eigenvalue weighted by Gasteiger charge is -2.29. The Kier molecular flexibility index (Phi) is 18.1. The van der Waals surface area contributed by atoms with Crippen LogP contribution in [-0.4, -0.2) is 140 Å². The number of ether oxygens (including phenoxy) is 2. The summed E-state index contributed by atoms with van der Waals surface area (Å²) in [5.41, 5.74) is 2.57. The molecule has 0 saturated carbocycles. The number of hydrogen-bond donors (Lipinski definition) is 4. The van der Waals surface area contributed by atoms with E-state index in [-0.39, 0.29) is 30.6 Å². The molecule has 268 valence electrons. The number of morpholine rings is 1. The lowest BCUT2D eigenvalue weighted by molar-refractivity contribution is -0.133. The molecule has 0 aliphatic carbocycles. The van der Waals surface area contributed by atoms with E-state index < -0.39 is 27.5 Å². The molecule has 0 radical (unpaired) electrons. The number of carbonyl (C=O) groups is 2. The Hall–Kier alpha value is -1.86. The van der Waals surface area contributed by atoms with Crippen molar-refractivity contribution in [3.8, 4) is 0 Å². The fraction of sp³-hybridized carbons (Fsp3) is 0.688. The maximum absolute atomic E-state index is 13.9. The molecule has 4 N–H and O–H groups in total. The van der Waals surface area contributed by atoms with Crippen LogP contribution in [-0.2, 0) is 27.4 Å². The number of aliphatic hydroxyl groups is 1. The van der Waals surface area contributed by atoms with Crippen molar-refractivity contribution in [2.24, 2.45) is 0 Å². The normalized spacial score (nSPS) is 17.0. The van der Waals surface area contributed by atoms with E-state index in [4.69, 9.17) is 9.47 Å². The standard InChI is InChI=1S/C32H53N7O5P2S2/c1-23(2)30-35-26(21-47-30)17-38(3)31(41)37-28(10-11-39-12-14-43-15-13-39)29(40)34-24(19-45(4)5)8-9-25(20-46(6)7)36-32(42)44-18-27-16-33-22-48-27/h16,21-25,28,32,36,42H,4,6,8-15,17-20H2,1-3,5,7H3/p+2. The van der Waals surface area contributed by atoms with E-state index >= 15 is 0 Å². The largest absolute Gasteiger partial charge is 0.379 e. The van der Waals surface area contributed by atoms with Crippen LogP contribution in [0.3, 0.4) is 0 Å². The summed E-state index contributed by atoms with van der Waals surface area (Å²) in [7, 11) is 0.682. The number of rotatable bonds is 21. The maximum atomic E-state index is 13.9. The number of nitrogens with zero attached hydrogens (tertiary/aromatic N) is 4. The average molecular weight is 744 g/mol. The summed E-state index contributed by atoms with van der Waals surface area (Å²) in [6.45, 7) is 12.6. The highest BCUT2D eigenvalue weighted by Gasteiger charge is 2.28. The molecule has 2 aromatic rings. The third-order valence-electron chi connectivity index (χ3n) is 7.78. The number of amides is 3. The Morgan fingerprint density at radius 2 is 1.79 bits per heavy atom. The molecule has 12 nitrogen and oxygen atoms in total. The van der Waals surface area contributed by atoms with Crippen LogP contribution in [0.15, 0.2) is 17.1 Å². The molecule has 1 fully saturated rings. The van der Waals surface area contributed by atoms with Crippen molar-refractivity contribution < 1.29 is 24.2 Å². The van der Waals surface area contributed by atoms with E-state index in [1.54, 1.807) is 35.0 Å². The lowest BCUT2D eigenvalue weighted by Crippen LogP contribution is -2.54. The molecule has 1 aliphatic rings. The van der Waals surface area contributed by atoms with E-state index in [1.807, 2.05) is 5.38 Å². The van der Waals surface area contributed by atoms with Crippen molar-refractivity contribution in [3.05, 3.63) is 32.7 Å². The first kappa shape index (κ1) is 40.6. The molecule has 1 aliphatic heterocycles. The second kappa shape index (κ2) is 21.4. The van der Waals surface area contributed by atoms with E-state index in [9.17, 15) is 14.7 Å². The predicted octanol–water partition coefficient (Wildman–Crippen LogP) is 3.76. The van der Waals surface area contributed by atoms with Crippen molar-refractivity contribution in [2.45, 2.75) is 76.7 Å². The summed E-state index contributed by atoms with van der Waals surface area (Å²) < 4.78 is 11.1. The summed E-state index contributed by atoms with van der Waals surface area (Å²) in [4.78, 5) is 40.8. The van der Waals surface area contributed by atoms with Gasteiger partial charge in [-0.25, -0.2) is 9.78 Å². The molecule has 6 unspecified atom stereocenters. The van der Waals surface area contributed by atoms with E-state index in [0.717, 1.165) is 41.0 Å². The smallest absolute Gasteiger partial charge is 0.318 e. The third kappa shape index (κ3) is 15.4. The summed E-state index contributed by atoms with van der Waals surface area (Å²) >= 11 is 3.07. The van der Waals surface area contributed by atoms with Crippen LogP contribution < -0.4 is 16.0 Å². The second-order valence-electron chi connectivity index (χ2n) is 12.8. The van der Waals surface area contributed by atoms with Crippen LogP contribution in [0.5, 0.6) is 0 Å². The third-order valence-corrected chi connectivity index (χ3v) is 11.9. The zero-order chi connectivity index (χ0) is 35.1. The summed E-state index contributed by atoms with van der Waals surface area (Å²) in [6.07, 6.45) is 12.5. The van der Waals surface area contributed by atoms with Crippen molar-refractivity contribution in [2.75, 3.05) is 65.5 Å². The topological polar surface area (TPSA) is 141 Å². The number of hydrogen-bond acceptors (Lipinski definition) is 11. The molecule has 0 spiro atoms. The van der Waals surface area contributed by atoms with Gasteiger partial charge < -0.3 is 30.1 Å². The van der Waals surface area contributed by atoms with Gasteiger partial charge in [-0.2, -0.15) is 0 Å². The SMILES string of the molecule is C=[P+](C)CC(CCC(C[P+](=C)C)NC(O)OCc1cncs1)NC(=O)C(CCN1CCOCC1)NC(=O)N(C)Cc1csc(C(C)C)n1. The monoisotopic (exact) mass is 743 g/mol. The fourth-order valence-corrected chi connectivity index (χ4v) is 8.66. The molecule has 6 atom stereocenters. The van der Waals surface area contributed by atoms with Crippen molar-refractivity contribution in [1.82, 2.24) is 35.7 Å². The van der Waals surface area contributed by atoms with Gasteiger partial charge in [0, 0.05) is 44.2 Å². The van der Waals surface area contributed by atoms with Gasteiger partial charge in [-0.05, 0) is 19.3 Å². The van der Waals surface area contributed by atoms with Crippen LogP contribution >= 0.6 is 37.8 Å². The molecule has 3 rings (SSSR count). The van der Waals surface area contributed by atoms with Gasteiger partial charge in [0.15, 0.2) is 0 Å². The Balaban J connectivity index is 1.64. The number of aliphatic hydroxyl groups excluding tert-OH is 1.